The zero-order chi connectivity index (χ0) is 18.5. The summed E-state index contributed by atoms with van der Waals surface area (Å²) in [7, 11) is 0. The molecule has 2 N–H and O–H groups in total. The first-order chi connectivity index (χ1) is 12.6. The number of aryl methyl sites for hydroxylation is 1. The molecule has 0 bridgehead atoms. The zero-order valence-corrected chi connectivity index (χ0v) is 15.1. The Balaban J connectivity index is 1.83. The maximum atomic E-state index is 11.9. The molecular formula is C20H22N4O2. The molecule has 26 heavy (non-hydrogen) atoms. The van der Waals surface area contributed by atoms with E-state index in [0.29, 0.717) is 24.2 Å². The molecular weight excluding hydrogens is 328 g/mol. The molecule has 0 aliphatic carbocycles. The molecule has 6 heteroatoms. The van der Waals surface area contributed by atoms with Gasteiger partial charge in [0.2, 0.25) is 5.95 Å². The van der Waals surface area contributed by atoms with Crippen molar-refractivity contribution in [2.24, 2.45) is 0 Å². The van der Waals surface area contributed by atoms with Gasteiger partial charge in [-0.15, -0.1) is 0 Å². The molecule has 134 valence electrons. The minimum atomic E-state index is -0.345. The fraction of sp³-hybridized carbons (Fsp3) is 0.250. The van der Waals surface area contributed by atoms with Crippen molar-refractivity contribution in [2.75, 3.05) is 11.9 Å². The van der Waals surface area contributed by atoms with Crippen LogP contribution in [0.1, 0.15) is 35.5 Å². The molecule has 0 fully saturated rings. The first-order valence-corrected chi connectivity index (χ1v) is 8.59. The Labute approximate surface area is 153 Å². The third-order valence-electron chi connectivity index (χ3n) is 4.01. The Morgan fingerprint density at radius 3 is 2.92 bits per heavy atom. The van der Waals surface area contributed by atoms with Gasteiger partial charge in [0.25, 0.3) is 0 Å². The van der Waals surface area contributed by atoms with Crippen LogP contribution in [-0.2, 0) is 4.74 Å². The predicted octanol–water partition coefficient (Wildman–Crippen LogP) is 3.59. The van der Waals surface area contributed by atoms with Crippen LogP contribution in [0.5, 0.6) is 0 Å². The lowest BCUT2D eigenvalue weighted by Crippen LogP contribution is -2.20. The second-order valence-electron chi connectivity index (χ2n) is 6.05. The van der Waals surface area contributed by atoms with E-state index in [0.717, 1.165) is 22.5 Å². The second kappa shape index (κ2) is 7.82. The van der Waals surface area contributed by atoms with Crippen molar-refractivity contribution in [3.63, 3.8) is 0 Å². The van der Waals surface area contributed by atoms with E-state index in [-0.39, 0.29) is 5.97 Å². The molecule has 1 aromatic carbocycles. The summed E-state index contributed by atoms with van der Waals surface area (Å²) in [6, 6.07) is 7.55. The molecule has 2 aromatic rings. The highest BCUT2D eigenvalue weighted by molar-refractivity contribution is 5.91. The summed E-state index contributed by atoms with van der Waals surface area (Å²) in [4.78, 5) is 20.8. The minimum absolute atomic E-state index is 0.312. The SMILES string of the molecule is CCOC(=O)c1ccc(C)c(Nc2nccc(C3=CNC(C)C=C3)n2)c1. The van der Waals surface area contributed by atoms with Crippen LogP contribution < -0.4 is 10.6 Å². The largest absolute Gasteiger partial charge is 0.462 e. The van der Waals surface area contributed by atoms with Crippen molar-refractivity contribution in [3.8, 4) is 0 Å². The van der Waals surface area contributed by atoms with Gasteiger partial charge in [-0.25, -0.2) is 14.8 Å². The van der Waals surface area contributed by atoms with Crippen LogP contribution in [-0.4, -0.2) is 28.6 Å². The lowest BCUT2D eigenvalue weighted by molar-refractivity contribution is 0.0526. The summed E-state index contributed by atoms with van der Waals surface area (Å²) >= 11 is 0. The van der Waals surface area contributed by atoms with Gasteiger partial charge in [0.1, 0.15) is 0 Å². The fourth-order valence-corrected chi connectivity index (χ4v) is 2.53. The Kier molecular flexibility index (Phi) is 5.31. The molecule has 1 atom stereocenters. The number of nitrogens with one attached hydrogen (secondary N) is 2. The zero-order valence-electron chi connectivity index (χ0n) is 15.1. The number of esters is 1. The lowest BCUT2D eigenvalue weighted by Gasteiger charge is -2.15. The van der Waals surface area contributed by atoms with Crippen LogP contribution in [0, 0.1) is 6.92 Å². The number of aromatic nitrogens is 2. The molecule has 3 rings (SSSR count). The van der Waals surface area contributed by atoms with Gasteiger partial charge in [0.05, 0.1) is 17.9 Å². The summed E-state index contributed by atoms with van der Waals surface area (Å²) in [5, 5.41) is 6.46. The Morgan fingerprint density at radius 1 is 1.35 bits per heavy atom. The summed E-state index contributed by atoms with van der Waals surface area (Å²) < 4.78 is 5.06. The maximum absolute atomic E-state index is 11.9. The highest BCUT2D eigenvalue weighted by atomic mass is 16.5. The number of dihydropyridines is 1. The molecule has 1 unspecified atom stereocenters. The van der Waals surface area contributed by atoms with Crippen LogP contribution in [0.25, 0.3) is 5.57 Å². The van der Waals surface area contributed by atoms with Gasteiger partial charge in [0, 0.05) is 29.7 Å². The van der Waals surface area contributed by atoms with Gasteiger partial charge >= 0.3 is 5.97 Å². The van der Waals surface area contributed by atoms with E-state index in [1.807, 2.05) is 31.3 Å². The quantitative estimate of drug-likeness (QED) is 0.803. The number of ether oxygens (including phenoxy) is 1. The Morgan fingerprint density at radius 2 is 2.19 bits per heavy atom. The molecule has 0 saturated heterocycles. The van der Waals surface area contributed by atoms with Crippen molar-refractivity contribution < 1.29 is 9.53 Å². The van der Waals surface area contributed by atoms with E-state index in [4.69, 9.17) is 4.74 Å². The number of rotatable bonds is 5. The topological polar surface area (TPSA) is 76.1 Å². The van der Waals surface area contributed by atoms with Crippen molar-refractivity contribution >= 4 is 23.2 Å². The number of nitrogens with zero attached hydrogens (tertiary/aromatic N) is 2. The number of anilines is 2. The first kappa shape index (κ1) is 17.7. The number of hydrogen-bond donors (Lipinski definition) is 2. The van der Waals surface area contributed by atoms with Crippen molar-refractivity contribution in [1.82, 2.24) is 15.3 Å². The van der Waals surface area contributed by atoms with E-state index >= 15 is 0 Å². The number of benzene rings is 1. The Bertz CT molecular complexity index is 874. The molecule has 2 heterocycles. The molecule has 1 aliphatic heterocycles. The van der Waals surface area contributed by atoms with Gasteiger partial charge in [-0.05, 0) is 44.5 Å². The number of carbonyl (C=O) groups is 1. The van der Waals surface area contributed by atoms with Crippen molar-refractivity contribution in [2.45, 2.75) is 26.8 Å². The molecule has 0 saturated carbocycles. The normalized spacial score (nSPS) is 15.8. The number of hydrogen-bond acceptors (Lipinski definition) is 6. The summed E-state index contributed by atoms with van der Waals surface area (Å²) in [6.45, 7) is 6.17. The standard InChI is InChI=1S/C20H22N4O2/c1-4-26-19(25)15-7-5-13(2)18(11-15)24-20-21-10-9-17(23-20)16-8-6-14(3)22-12-16/h5-12,14,22H,4H2,1-3H3,(H,21,23,24). The van der Waals surface area contributed by atoms with Crippen LogP contribution in [0.15, 0.2) is 48.8 Å². The van der Waals surface area contributed by atoms with E-state index in [9.17, 15) is 4.79 Å². The van der Waals surface area contributed by atoms with Crippen LogP contribution in [0.4, 0.5) is 11.6 Å². The average Bonchev–Trinajstić information content (AvgIpc) is 2.64. The van der Waals surface area contributed by atoms with Crippen LogP contribution in [0.3, 0.4) is 0 Å². The van der Waals surface area contributed by atoms with E-state index in [1.165, 1.54) is 0 Å². The van der Waals surface area contributed by atoms with E-state index in [1.54, 1.807) is 25.3 Å². The predicted molar refractivity (Wildman–Crippen MR) is 102 cm³/mol. The minimum Gasteiger partial charge on any atom is -0.462 e. The van der Waals surface area contributed by atoms with Crippen LogP contribution >= 0.6 is 0 Å². The summed E-state index contributed by atoms with van der Waals surface area (Å²) in [6.07, 6.45) is 7.78. The van der Waals surface area contributed by atoms with Crippen LogP contribution in [0.2, 0.25) is 0 Å². The van der Waals surface area contributed by atoms with Gasteiger partial charge in [-0.1, -0.05) is 18.2 Å². The van der Waals surface area contributed by atoms with Gasteiger partial charge in [-0.3, -0.25) is 0 Å². The number of allylic oxidation sites excluding steroid dienone is 2. The third-order valence-corrected chi connectivity index (χ3v) is 4.01. The average molecular weight is 350 g/mol. The maximum Gasteiger partial charge on any atom is 0.338 e. The van der Waals surface area contributed by atoms with E-state index in [2.05, 4.69) is 33.6 Å². The molecule has 0 radical (unpaired) electrons. The highest BCUT2D eigenvalue weighted by Gasteiger charge is 2.11. The van der Waals surface area contributed by atoms with Crippen molar-refractivity contribution in [3.05, 3.63) is 65.6 Å². The molecule has 0 spiro atoms. The fourth-order valence-electron chi connectivity index (χ4n) is 2.53. The van der Waals surface area contributed by atoms with Gasteiger partial charge < -0.3 is 15.4 Å². The first-order valence-electron chi connectivity index (χ1n) is 8.59. The lowest BCUT2D eigenvalue weighted by atomic mass is 10.1. The van der Waals surface area contributed by atoms with Gasteiger partial charge in [-0.2, -0.15) is 0 Å². The van der Waals surface area contributed by atoms with E-state index < -0.39 is 0 Å². The molecule has 1 aliphatic rings. The summed E-state index contributed by atoms with van der Waals surface area (Å²) in [5.41, 5.74) is 4.06. The second-order valence-corrected chi connectivity index (χ2v) is 6.05. The molecule has 0 amide bonds. The summed E-state index contributed by atoms with van der Waals surface area (Å²) in [5.74, 6) is 0.127. The molecule has 1 aromatic heterocycles. The smallest absolute Gasteiger partial charge is 0.338 e. The van der Waals surface area contributed by atoms with Crippen molar-refractivity contribution in [1.29, 1.82) is 0 Å². The highest BCUT2D eigenvalue weighted by Crippen LogP contribution is 2.22. The van der Waals surface area contributed by atoms with Gasteiger partial charge in [0.15, 0.2) is 0 Å². The Hall–Kier alpha value is -3.15. The molecule has 6 nitrogen and oxygen atoms in total. The number of carbonyl (C=O) groups excluding carboxylic acids is 1. The monoisotopic (exact) mass is 350 g/mol. The third kappa shape index (κ3) is 4.08.